The molecule has 114 valence electrons. The first-order chi connectivity index (χ1) is 10.4. The molecule has 0 saturated carbocycles. The van der Waals surface area contributed by atoms with Crippen molar-refractivity contribution in [1.29, 1.82) is 0 Å². The first kappa shape index (κ1) is 15.5. The normalized spacial score (nSPS) is 10.1. The fourth-order valence-corrected chi connectivity index (χ4v) is 2.15. The lowest BCUT2D eigenvalue weighted by Gasteiger charge is -2.11. The number of non-ortho nitro benzene ring substituents is 1. The molecule has 0 unspecified atom stereocenters. The van der Waals surface area contributed by atoms with Gasteiger partial charge in [-0.2, -0.15) is 0 Å². The molecule has 0 saturated heterocycles. The average Bonchev–Trinajstić information content (AvgIpc) is 2.47. The van der Waals surface area contributed by atoms with Crippen molar-refractivity contribution in [1.82, 2.24) is 0 Å². The molecular weight excluding hydrogens is 284 g/mol. The summed E-state index contributed by atoms with van der Waals surface area (Å²) in [7, 11) is 1.39. The summed E-state index contributed by atoms with van der Waals surface area (Å²) in [5.41, 5.74) is 2.77. The monoisotopic (exact) mass is 300 g/mol. The van der Waals surface area contributed by atoms with Gasteiger partial charge < -0.3 is 10.1 Å². The molecule has 6 heteroatoms. The number of anilines is 1. The summed E-state index contributed by atoms with van der Waals surface area (Å²) >= 11 is 0. The number of benzene rings is 2. The zero-order valence-electron chi connectivity index (χ0n) is 12.5. The lowest BCUT2D eigenvalue weighted by Crippen LogP contribution is -2.14. The van der Waals surface area contributed by atoms with Gasteiger partial charge in [0.1, 0.15) is 5.75 Å². The van der Waals surface area contributed by atoms with Crippen LogP contribution in [0.25, 0.3) is 0 Å². The van der Waals surface area contributed by atoms with Gasteiger partial charge in [-0.25, -0.2) is 0 Å². The molecule has 0 heterocycles. The topological polar surface area (TPSA) is 81.5 Å². The highest BCUT2D eigenvalue weighted by atomic mass is 16.6. The predicted octanol–water partition coefficient (Wildman–Crippen LogP) is 3.47. The maximum absolute atomic E-state index is 12.3. The molecule has 2 aromatic carbocycles. The van der Waals surface area contributed by atoms with Gasteiger partial charge in [-0.1, -0.05) is 17.7 Å². The third kappa shape index (κ3) is 3.22. The Hall–Kier alpha value is -2.89. The van der Waals surface area contributed by atoms with Crippen LogP contribution in [0.1, 0.15) is 21.5 Å². The Morgan fingerprint density at radius 1 is 1.18 bits per heavy atom. The van der Waals surface area contributed by atoms with Crippen molar-refractivity contribution in [2.45, 2.75) is 13.8 Å². The molecule has 2 aromatic rings. The number of methoxy groups -OCH3 is 1. The average molecular weight is 300 g/mol. The van der Waals surface area contributed by atoms with Gasteiger partial charge in [0.2, 0.25) is 0 Å². The van der Waals surface area contributed by atoms with Gasteiger partial charge in [0.05, 0.1) is 23.8 Å². The summed E-state index contributed by atoms with van der Waals surface area (Å²) in [5, 5.41) is 13.5. The zero-order chi connectivity index (χ0) is 16.3. The SMILES string of the molecule is COc1cc([N+](=O)[O-])ccc1NC(=O)c1ccc(C)cc1C. The van der Waals surface area contributed by atoms with Gasteiger partial charge in [0.25, 0.3) is 11.6 Å². The standard InChI is InChI=1S/C16H16N2O4/c1-10-4-6-13(11(2)8-10)16(19)17-14-7-5-12(18(20)21)9-15(14)22-3/h4-9H,1-3H3,(H,17,19). The minimum atomic E-state index is -0.516. The van der Waals surface area contributed by atoms with Crippen molar-refractivity contribution in [3.63, 3.8) is 0 Å². The Balaban J connectivity index is 2.30. The number of rotatable bonds is 4. The molecule has 0 aliphatic rings. The van der Waals surface area contributed by atoms with E-state index in [0.29, 0.717) is 11.3 Å². The second-order valence-corrected chi connectivity index (χ2v) is 4.91. The van der Waals surface area contributed by atoms with Crippen LogP contribution in [-0.4, -0.2) is 17.9 Å². The lowest BCUT2D eigenvalue weighted by atomic mass is 10.1. The Kier molecular flexibility index (Phi) is 4.41. The van der Waals surface area contributed by atoms with Crippen molar-refractivity contribution < 1.29 is 14.5 Å². The molecule has 22 heavy (non-hydrogen) atoms. The van der Waals surface area contributed by atoms with E-state index in [-0.39, 0.29) is 17.3 Å². The highest BCUT2D eigenvalue weighted by Crippen LogP contribution is 2.29. The Labute approximate surface area is 127 Å². The minimum Gasteiger partial charge on any atom is -0.494 e. The van der Waals surface area contributed by atoms with E-state index in [1.54, 1.807) is 6.07 Å². The molecule has 0 aliphatic carbocycles. The second-order valence-electron chi connectivity index (χ2n) is 4.91. The van der Waals surface area contributed by atoms with Crippen LogP contribution in [0.4, 0.5) is 11.4 Å². The molecule has 0 fully saturated rings. The molecular formula is C16H16N2O4. The van der Waals surface area contributed by atoms with E-state index in [0.717, 1.165) is 11.1 Å². The Bertz CT molecular complexity index is 741. The van der Waals surface area contributed by atoms with E-state index in [1.165, 1.54) is 25.3 Å². The third-order valence-electron chi connectivity index (χ3n) is 3.27. The van der Waals surface area contributed by atoms with Crippen LogP contribution < -0.4 is 10.1 Å². The first-order valence-corrected chi connectivity index (χ1v) is 6.63. The van der Waals surface area contributed by atoms with E-state index in [4.69, 9.17) is 4.74 Å². The number of carbonyl (C=O) groups is 1. The number of nitrogens with zero attached hydrogens (tertiary/aromatic N) is 1. The molecule has 0 radical (unpaired) electrons. The van der Waals surface area contributed by atoms with Crippen LogP contribution in [0.3, 0.4) is 0 Å². The fourth-order valence-electron chi connectivity index (χ4n) is 2.15. The summed E-state index contributed by atoms with van der Waals surface area (Å²) < 4.78 is 5.10. The Morgan fingerprint density at radius 3 is 2.50 bits per heavy atom. The molecule has 2 rings (SSSR count). The van der Waals surface area contributed by atoms with Crippen LogP contribution in [0.5, 0.6) is 5.75 Å². The number of nitro benzene ring substituents is 1. The number of aryl methyl sites for hydroxylation is 2. The van der Waals surface area contributed by atoms with Crippen molar-refractivity contribution in [2.75, 3.05) is 12.4 Å². The van der Waals surface area contributed by atoms with Crippen LogP contribution >= 0.6 is 0 Å². The van der Waals surface area contributed by atoms with Gasteiger partial charge in [0, 0.05) is 11.6 Å². The molecule has 0 bridgehead atoms. The number of ether oxygens (including phenoxy) is 1. The Morgan fingerprint density at radius 2 is 1.91 bits per heavy atom. The van der Waals surface area contributed by atoms with E-state index >= 15 is 0 Å². The van der Waals surface area contributed by atoms with Gasteiger partial charge in [0.15, 0.2) is 0 Å². The number of hydrogen-bond acceptors (Lipinski definition) is 4. The zero-order valence-corrected chi connectivity index (χ0v) is 12.5. The molecule has 1 N–H and O–H groups in total. The van der Waals surface area contributed by atoms with Crippen molar-refractivity contribution in [3.8, 4) is 5.75 Å². The van der Waals surface area contributed by atoms with Crippen LogP contribution in [0.15, 0.2) is 36.4 Å². The molecule has 0 aliphatic heterocycles. The van der Waals surface area contributed by atoms with Gasteiger partial charge in [-0.15, -0.1) is 0 Å². The summed E-state index contributed by atoms with van der Waals surface area (Å²) in [4.78, 5) is 22.6. The van der Waals surface area contributed by atoms with Crippen molar-refractivity contribution >= 4 is 17.3 Å². The molecule has 0 spiro atoms. The summed E-state index contributed by atoms with van der Waals surface area (Å²) in [6.07, 6.45) is 0. The summed E-state index contributed by atoms with van der Waals surface area (Å²) in [6, 6.07) is 9.57. The minimum absolute atomic E-state index is 0.0960. The molecule has 0 aromatic heterocycles. The van der Waals surface area contributed by atoms with Crippen LogP contribution in [0, 0.1) is 24.0 Å². The van der Waals surface area contributed by atoms with Crippen LogP contribution in [-0.2, 0) is 0 Å². The van der Waals surface area contributed by atoms with Crippen molar-refractivity contribution in [2.24, 2.45) is 0 Å². The van der Waals surface area contributed by atoms with E-state index in [2.05, 4.69) is 5.32 Å². The fraction of sp³-hybridized carbons (Fsp3) is 0.188. The molecule has 0 atom stereocenters. The summed E-state index contributed by atoms with van der Waals surface area (Å²) in [5.74, 6) is -0.0445. The second kappa shape index (κ2) is 6.26. The number of carbonyl (C=O) groups excluding carboxylic acids is 1. The van der Waals surface area contributed by atoms with E-state index in [9.17, 15) is 14.9 Å². The largest absolute Gasteiger partial charge is 0.494 e. The highest BCUT2D eigenvalue weighted by molar-refractivity contribution is 6.06. The smallest absolute Gasteiger partial charge is 0.273 e. The highest BCUT2D eigenvalue weighted by Gasteiger charge is 2.15. The quantitative estimate of drug-likeness (QED) is 0.692. The lowest BCUT2D eigenvalue weighted by molar-refractivity contribution is -0.384. The van der Waals surface area contributed by atoms with Gasteiger partial charge in [-0.3, -0.25) is 14.9 Å². The number of nitrogens with one attached hydrogen (secondary N) is 1. The number of amides is 1. The maximum Gasteiger partial charge on any atom is 0.273 e. The summed E-state index contributed by atoms with van der Waals surface area (Å²) in [6.45, 7) is 3.81. The molecule has 1 amide bonds. The number of hydrogen-bond donors (Lipinski definition) is 1. The molecule has 6 nitrogen and oxygen atoms in total. The van der Waals surface area contributed by atoms with E-state index < -0.39 is 4.92 Å². The number of nitro groups is 1. The predicted molar refractivity (Wildman–Crippen MR) is 83.5 cm³/mol. The van der Waals surface area contributed by atoms with Gasteiger partial charge in [-0.05, 0) is 31.5 Å². The maximum atomic E-state index is 12.3. The third-order valence-corrected chi connectivity index (χ3v) is 3.27. The van der Waals surface area contributed by atoms with Gasteiger partial charge >= 0.3 is 0 Å². The van der Waals surface area contributed by atoms with E-state index in [1.807, 2.05) is 26.0 Å². The van der Waals surface area contributed by atoms with Crippen molar-refractivity contribution in [3.05, 3.63) is 63.2 Å². The van der Waals surface area contributed by atoms with Crippen LogP contribution in [0.2, 0.25) is 0 Å². The first-order valence-electron chi connectivity index (χ1n) is 6.63.